The number of aryl methyl sites for hydroxylation is 1. The third-order valence-electron chi connectivity index (χ3n) is 4.32. The van der Waals surface area contributed by atoms with Gasteiger partial charge in [0.1, 0.15) is 5.69 Å². The summed E-state index contributed by atoms with van der Waals surface area (Å²) >= 11 is 0. The minimum Gasteiger partial charge on any atom is -0.379 e. The zero-order valence-electron chi connectivity index (χ0n) is 14.4. The molecule has 0 aliphatic carbocycles. The highest BCUT2D eigenvalue weighted by Gasteiger charge is 2.11. The van der Waals surface area contributed by atoms with E-state index in [9.17, 15) is 9.59 Å². The Balaban J connectivity index is 1.51. The lowest BCUT2D eigenvalue weighted by Crippen LogP contribution is -2.38. The standard InChI is InChI=1S/C18H24N4O3/c1-13-3-4-15-14(11-13)17(23)16(12-20-15)21-18(24)19-5-2-6-22-7-9-25-10-8-22/h3-4,11-12H,2,5-10H2,1H3,(H,20,23)(H2,19,21,24). The van der Waals surface area contributed by atoms with Crippen LogP contribution in [0.25, 0.3) is 10.9 Å². The number of urea groups is 1. The van der Waals surface area contributed by atoms with Gasteiger partial charge in [0.25, 0.3) is 0 Å². The van der Waals surface area contributed by atoms with Crippen molar-refractivity contribution in [3.05, 3.63) is 40.2 Å². The second-order valence-electron chi connectivity index (χ2n) is 6.27. The summed E-state index contributed by atoms with van der Waals surface area (Å²) in [5, 5.41) is 6.00. The van der Waals surface area contributed by atoms with Crippen molar-refractivity contribution in [2.24, 2.45) is 0 Å². The van der Waals surface area contributed by atoms with Crippen molar-refractivity contribution in [2.75, 3.05) is 44.7 Å². The van der Waals surface area contributed by atoms with Gasteiger partial charge in [0.2, 0.25) is 5.43 Å². The molecule has 0 radical (unpaired) electrons. The molecule has 0 bridgehead atoms. The van der Waals surface area contributed by atoms with E-state index < -0.39 is 0 Å². The summed E-state index contributed by atoms with van der Waals surface area (Å²) < 4.78 is 5.31. The maximum Gasteiger partial charge on any atom is 0.319 e. The van der Waals surface area contributed by atoms with Crippen LogP contribution in [0.4, 0.5) is 10.5 Å². The fourth-order valence-corrected chi connectivity index (χ4v) is 2.92. The molecule has 0 saturated carbocycles. The van der Waals surface area contributed by atoms with Crippen molar-refractivity contribution in [1.82, 2.24) is 15.2 Å². The number of hydrogen-bond donors (Lipinski definition) is 3. The van der Waals surface area contributed by atoms with E-state index in [1.165, 1.54) is 6.20 Å². The molecular weight excluding hydrogens is 320 g/mol. The second kappa shape index (κ2) is 8.13. The molecule has 2 heterocycles. The van der Waals surface area contributed by atoms with E-state index in [2.05, 4.69) is 20.5 Å². The van der Waals surface area contributed by atoms with E-state index in [4.69, 9.17) is 4.74 Å². The van der Waals surface area contributed by atoms with Gasteiger partial charge in [-0.25, -0.2) is 4.79 Å². The van der Waals surface area contributed by atoms with Gasteiger partial charge in [0.05, 0.1) is 13.2 Å². The molecule has 134 valence electrons. The molecule has 1 aromatic heterocycles. The van der Waals surface area contributed by atoms with Crippen LogP contribution in [0.2, 0.25) is 0 Å². The monoisotopic (exact) mass is 344 g/mol. The third-order valence-corrected chi connectivity index (χ3v) is 4.32. The van der Waals surface area contributed by atoms with Crippen LogP contribution in [-0.4, -0.2) is 55.3 Å². The van der Waals surface area contributed by atoms with Gasteiger partial charge in [-0.05, 0) is 32.0 Å². The number of H-pyrrole nitrogens is 1. The molecule has 0 unspecified atom stereocenters. The first-order chi connectivity index (χ1) is 12.1. The van der Waals surface area contributed by atoms with Gasteiger partial charge in [-0.1, -0.05) is 11.6 Å². The average Bonchev–Trinajstić information content (AvgIpc) is 2.62. The van der Waals surface area contributed by atoms with Crippen LogP contribution in [-0.2, 0) is 4.74 Å². The van der Waals surface area contributed by atoms with Crippen LogP contribution in [0, 0.1) is 6.92 Å². The smallest absolute Gasteiger partial charge is 0.319 e. The summed E-state index contributed by atoms with van der Waals surface area (Å²) in [7, 11) is 0. The third kappa shape index (κ3) is 4.58. The molecule has 1 fully saturated rings. The number of aromatic nitrogens is 1. The first-order valence-electron chi connectivity index (χ1n) is 8.60. The highest BCUT2D eigenvalue weighted by Crippen LogP contribution is 2.12. The van der Waals surface area contributed by atoms with Crippen LogP contribution in [0.5, 0.6) is 0 Å². The number of carbonyl (C=O) groups excluding carboxylic acids is 1. The number of nitrogens with zero attached hydrogens (tertiary/aromatic N) is 1. The first kappa shape index (κ1) is 17.4. The maximum atomic E-state index is 12.5. The summed E-state index contributed by atoms with van der Waals surface area (Å²) in [4.78, 5) is 29.8. The Morgan fingerprint density at radius 3 is 2.92 bits per heavy atom. The zero-order valence-corrected chi connectivity index (χ0v) is 14.4. The molecule has 25 heavy (non-hydrogen) atoms. The normalized spacial score (nSPS) is 15.2. The van der Waals surface area contributed by atoms with Crippen LogP contribution in [0.15, 0.2) is 29.2 Å². The van der Waals surface area contributed by atoms with Gasteiger partial charge in [0.15, 0.2) is 0 Å². The van der Waals surface area contributed by atoms with E-state index >= 15 is 0 Å². The molecule has 0 spiro atoms. The van der Waals surface area contributed by atoms with Gasteiger partial charge in [0, 0.05) is 36.7 Å². The van der Waals surface area contributed by atoms with E-state index in [0.717, 1.165) is 50.3 Å². The zero-order chi connectivity index (χ0) is 17.6. The fourth-order valence-electron chi connectivity index (χ4n) is 2.92. The van der Waals surface area contributed by atoms with Crippen molar-refractivity contribution < 1.29 is 9.53 Å². The molecule has 1 aliphatic rings. The lowest BCUT2D eigenvalue weighted by Gasteiger charge is -2.26. The maximum absolute atomic E-state index is 12.5. The lowest BCUT2D eigenvalue weighted by molar-refractivity contribution is 0.0375. The Bertz CT molecular complexity index is 796. The number of fused-ring (bicyclic) bond motifs is 1. The number of aromatic amines is 1. The quantitative estimate of drug-likeness (QED) is 0.720. The topological polar surface area (TPSA) is 86.5 Å². The van der Waals surface area contributed by atoms with Crippen molar-refractivity contribution in [3.63, 3.8) is 0 Å². The number of amides is 2. The molecule has 0 atom stereocenters. The molecular formula is C18H24N4O3. The van der Waals surface area contributed by atoms with Crippen molar-refractivity contribution in [2.45, 2.75) is 13.3 Å². The van der Waals surface area contributed by atoms with Crippen molar-refractivity contribution >= 4 is 22.6 Å². The average molecular weight is 344 g/mol. The number of benzene rings is 1. The summed E-state index contributed by atoms with van der Waals surface area (Å²) in [6.45, 7) is 6.86. The second-order valence-corrected chi connectivity index (χ2v) is 6.27. The van der Waals surface area contributed by atoms with E-state index in [0.29, 0.717) is 11.9 Å². The summed E-state index contributed by atoms with van der Waals surface area (Å²) in [6, 6.07) is 5.26. The SMILES string of the molecule is Cc1ccc2[nH]cc(NC(=O)NCCCN3CCOCC3)c(=O)c2c1. The molecule has 1 saturated heterocycles. The number of anilines is 1. The van der Waals surface area contributed by atoms with Crippen LogP contribution < -0.4 is 16.1 Å². The largest absolute Gasteiger partial charge is 0.379 e. The Labute approximate surface area is 146 Å². The number of hydrogen-bond acceptors (Lipinski definition) is 4. The predicted molar refractivity (Wildman–Crippen MR) is 98.2 cm³/mol. The van der Waals surface area contributed by atoms with Crippen molar-refractivity contribution in [3.8, 4) is 0 Å². The summed E-state index contributed by atoms with van der Waals surface area (Å²) in [5.74, 6) is 0. The highest BCUT2D eigenvalue weighted by molar-refractivity contribution is 5.91. The van der Waals surface area contributed by atoms with Gasteiger partial charge in [-0.2, -0.15) is 0 Å². The fraction of sp³-hybridized carbons (Fsp3) is 0.444. The van der Waals surface area contributed by atoms with E-state index in [-0.39, 0.29) is 17.1 Å². The Kier molecular flexibility index (Phi) is 5.67. The molecule has 1 aromatic carbocycles. The van der Waals surface area contributed by atoms with Crippen LogP contribution in [0.1, 0.15) is 12.0 Å². The number of rotatable bonds is 5. The minimum atomic E-state index is -0.362. The molecule has 2 aromatic rings. The Hall–Kier alpha value is -2.38. The number of nitrogens with one attached hydrogen (secondary N) is 3. The number of pyridine rings is 1. The van der Waals surface area contributed by atoms with Gasteiger partial charge < -0.3 is 20.4 Å². The molecule has 1 aliphatic heterocycles. The number of carbonyl (C=O) groups is 1. The molecule has 7 nitrogen and oxygen atoms in total. The Morgan fingerprint density at radius 2 is 2.12 bits per heavy atom. The van der Waals surface area contributed by atoms with Gasteiger partial charge in [-0.15, -0.1) is 0 Å². The Morgan fingerprint density at radius 1 is 1.32 bits per heavy atom. The molecule has 3 rings (SSSR count). The van der Waals surface area contributed by atoms with Crippen LogP contribution >= 0.6 is 0 Å². The van der Waals surface area contributed by atoms with Gasteiger partial charge >= 0.3 is 6.03 Å². The van der Waals surface area contributed by atoms with E-state index in [1.807, 2.05) is 25.1 Å². The van der Waals surface area contributed by atoms with Crippen LogP contribution in [0.3, 0.4) is 0 Å². The summed E-state index contributed by atoms with van der Waals surface area (Å²) in [6.07, 6.45) is 2.40. The molecule has 7 heteroatoms. The number of morpholine rings is 1. The summed E-state index contributed by atoms with van der Waals surface area (Å²) in [5.41, 5.74) is 1.83. The predicted octanol–water partition coefficient (Wildman–Crippen LogP) is 1.68. The number of ether oxygens (including phenoxy) is 1. The van der Waals surface area contributed by atoms with Crippen molar-refractivity contribution in [1.29, 1.82) is 0 Å². The lowest BCUT2D eigenvalue weighted by atomic mass is 10.1. The highest BCUT2D eigenvalue weighted by atomic mass is 16.5. The molecule has 3 N–H and O–H groups in total. The first-order valence-corrected chi connectivity index (χ1v) is 8.60. The molecule has 2 amide bonds. The minimum absolute atomic E-state index is 0.180. The van der Waals surface area contributed by atoms with E-state index in [1.54, 1.807) is 0 Å². The van der Waals surface area contributed by atoms with Gasteiger partial charge in [-0.3, -0.25) is 9.69 Å².